The van der Waals surface area contributed by atoms with Crippen LogP contribution in [0.4, 0.5) is 4.39 Å². The highest BCUT2D eigenvalue weighted by Crippen LogP contribution is 2.25. The Morgan fingerprint density at radius 2 is 2.05 bits per heavy atom. The van der Waals surface area contributed by atoms with Crippen molar-refractivity contribution < 1.29 is 9.13 Å². The third-order valence-corrected chi connectivity index (χ3v) is 4.12. The molecule has 0 fully saturated rings. The van der Waals surface area contributed by atoms with E-state index in [-0.39, 0.29) is 17.6 Å². The van der Waals surface area contributed by atoms with Crippen molar-refractivity contribution in [3.05, 3.63) is 63.0 Å². The minimum absolute atomic E-state index is 0.0594. The summed E-state index contributed by atoms with van der Waals surface area (Å²) in [5.41, 5.74) is 4.77. The molecule has 2 rings (SSSR count). The van der Waals surface area contributed by atoms with Crippen molar-refractivity contribution >= 4 is 22.6 Å². The molecule has 20 heavy (non-hydrogen) atoms. The molecule has 0 aliphatic heterocycles. The molecule has 0 amide bonds. The molecule has 0 radical (unpaired) electrons. The van der Waals surface area contributed by atoms with E-state index in [9.17, 15) is 4.39 Å². The first-order chi connectivity index (χ1) is 9.65. The number of halogens is 2. The lowest BCUT2D eigenvalue weighted by Crippen LogP contribution is -2.30. The number of hydrogen-bond acceptors (Lipinski definition) is 3. The van der Waals surface area contributed by atoms with Gasteiger partial charge in [-0.2, -0.15) is 0 Å². The molecule has 3 nitrogen and oxygen atoms in total. The monoisotopic (exact) mass is 386 g/mol. The van der Waals surface area contributed by atoms with E-state index >= 15 is 0 Å². The van der Waals surface area contributed by atoms with Crippen LogP contribution in [0, 0.1) is 9.39 Å². The molecule has 0 aliphatic carbocycles. The maximum atomic E-state index is 13.7. The average molecular weight is 386 g/mol. The van der Waals surface area contributed by atoms with E-state index in [0.717, 1.165) is 14.7 Å². The van der Waals surface area contributed by atoms with Crippen LogP contribution in [0.25, 0.3) is 0 Å². The van der Waals surface area contributed by atoms with Crippen LogP contribution < -0.4 is 16.0 Å². The van der Waals surface area contributed by atoms with E-state index in [2.05, 4.69) is 28.0 Å². The van der Waals surface area contributed by atoms with Crippen LogP contribution in [0.15, 0.2) is 42.5 Å². The summed E-state index contributed by atoms with van der Waals surface area (Å²) in [5, 5.41) is 0. The molecule has 0 heterocycles. The normalized spacial score (nSPS) is 12.2. The van der Waals surface area contributed by atoms with Crippen molar-refractivity contribution in [3.63, 3.8) is 0 Å². The standard InChI is InChI=1S/C15H16FIN2O/c1-20-15-7-6-10(8-12(15)16)9-14(19-18)11-4-2-3-5-13(11)17/h2-8,14,19H,9,18H2,1H3. The van der Waals surface area contributed by atoms with Gasteiger partial charge in [-0.15, -0.1) is 0 Å². The Labute approximate surface area is 131 Å². The van der Waals surface area contributed by atoms with Crippen molar-refractivity contribution in [3.8, 4) is 5.75 Å². The summed E-state index contributed by atoms with van der Waals surface area (Å²) in [7, 11) is 1.45. The maximum absolute atomic E-state index is 13.7. The zero-order valence-electron chi connectivity index (χ0n) is 11.1. The topological polar surface area (TPSA) is 47.3 Å². The molecule has 0 aromatic heterocycles. The highest BCUT2D eigenvalue weighted by atomic mass is 127. The predicted molar refractivity (Wildman–Crippen MR) is 85.9 cm³/mol. The second kappa shape index (κ2) is 7.01. The minimum atomic E-state index is -0.358. The molecule has 5 heteroatoms. The molecular formula is C15H16FIN2O. The van der Waals surface area contributed by atoms with Crippen LogP contribution in [0.2, 0.25) is 0 Å². The first-order valence-electron chi connectivity index (χ1n) is 6.18. The highest BCUT2D eigenvalue weighted by molar-refractivity contribution is 14.1. The van der Waals surface area contributed by atoms with Crippen molar-refractivity contribution in [2.24, 2.45) is 5.84 Å². The summed E-state index contributed by atoms with van der Waals surface area (Å²) >= 11 is 2.27. The number of hydrazine groups is 1. The maximum Gasteiger partial charge on any atom is 0.165 e. The van der Waals surface area contributed by atoms with Gasteiger partial charge in [-0.1, -0.05) is 24.3 Å². The van der Waals surface area contributed by atoms with Gasteiger partial charge in [0.25, 0.3) is 0 Å². The molecule has 0 bridgehead atoms. The number of hydrogen-bond donors (Lipinski definition) is 2. The van der Waals surface area contributed by atoms with Gasteiger partial charge in [-0.25, -0.2) is 4.39 Å². The Bertz CT molecular complexity index is 592. The Kier molecular flexibility index (Phi) is 5.33. The third kappa shape index (κ3) is 3.47. The van der Waals surface area contributed by atoms with Gasteiger partial charge >= 0.3 is 0 Å². The zero-order valence-corrected chi connectivity index (χ0v) is 13.2. The molecule has 0 spiro atoms. The second-order valence-electron chi connectivity index (χ2n) is 4.41. The molecular weight excluding hydrogens is 370 g/mol. The molecule has 0 saturated heterocycles. The van der Waals surface area contributed by atoms with Gasteiger partial charge < -0.3 is 4.74 Å². The van der Waals surface area contributed by atoms with Crippen molar-refractivity contribution in [2.75, 3.05) is 7.11 Å². The van der Waals surface area contributed by atoms with E-state index in [0.29, 0.717) is 6.42 Å². The van der Waals surface area contributed by atoms with Crippen LogP contribution in [0.3, 0.4) is 0 Å². The summed E-state index contributed by atoms with van der Waals surface area (Å²) in [5.74, 6) is 5.54. The van der Waals surface area contributed by atoms with E-state index in [1.54, 1.807) is 6.07 Å². The van der Waals surface area contributed by atoms with Gasteiger partial charge in [-0.3, -0.25) is 11.3 Å². The van der Waals surface area contributed by atoms with Gasteiger partial charge in [0.1, 0.15) is 0 Å². The van der Waals surface area contributed by atoms with E-state index < -0.39 is 0 Å². The van der Waals surface area contributed by atoms with Crippen LogP contribution >= 0.6 is 22.6 Å². The lowest BCUT2D eigenvalue weighted by molar-refractivity contribution is 0.386. The minimum Gasteiger partial charge on any atom is -0.494 e. The van der Waals surface area contributed by atoms with E-state index in [1.807, 2.05) is 30.3 Å². The Morgan fingerprint density at radius 1 is 1.30 bits per heavy atom. The van der Waals surface area contributed by atoms with Gasteiger partial charge in [0, 0.05) is 3.57 Å². The fourth-order valence-electron chi connectivity index (χ4n) is 2.09. The summed E-state index contributed by atoms with van der Waals surface area (Å²) < 4.78 is 19.8. The number of benzene rings is 2. The highest BCUT2D eigenvalue weighted by Gasteiger charge is 2.14. The average Bonchev–Trinajstić information content (AvgIpc) is 2.46. The third-order valence-electron chi connectivity index (χ3n) is 3.14. The fraction of sp³-hybridized carbons (Fsp3) is 0.200. The van der Waals surface area contributed by atoms with Crippen molar-refractivity contribution in [1.29, 1.82) is 0 Å². The van der Waals surface area contributed by atoms with Gasteiger partial charge in [-0.05, 0) is 58.3 Å². The van der Waals surface area contributed by atoms with Crippen molar-refractivity contribution in [2.45, 2.75) is 12.5 Å². The van der Waals surface area contributed by atoms with Gasteiger partial charge in [0.15, 0.2) is 11.6 Å². The first-order valence-corrected chi connectivity index (χ1v) is 7.26. The van der Waals surface area contributed by atoms with E-state index in [1.165, 1.54) is 13.2 Å². The fourth-order valence-corrected chi connectivity index (χ4v) is 2.85. The molecule has 0 aliphatic rings. The van der Waals surface area contributed by atoms with E-state index in [4.69, 9.17) is 10.6 Å². The molecule has 0 saturated carbocycles. The second-order valence-corrected chi connectivity index (χ2v) is 5.58. The number of nitrogens with two attached hydrogens (primary N) is 1. The molecule has 2 aromatic carbocycles. The van der Waals surface area contributed by atoms with Gasteiger partial charge in [0.05, 0.1) is 13.2 Å². The smallest absolute Gasteiger partial charge is 0.165 e. The number of rotatable bonds is 5. The summed E-state index contributed by atoms with van der Waals surface area (Å²) in [4.78, 5) is 0. The van der Waals surface area contributed by atoms with Crippen LogP contribution in [-0.2, 0) is 6.42 Å². The van der Waals surface area contributed by atoms with Crippen LogP contribution in [-0.4, -0.2) is 7.11 Å². The molecule has 1 atom stereocenters. The summed E-state index contributed by atoms with van der Waals surface area (Å²) in [6.45, 7) is 0. The largest absolute Gasteiger partial charge is 0.494 e. The Balaban J connectivity index is 2.23. The quantitative estimate of drug-likeness (QED) is 0.472. The molecule has 1 unspecified atom stereocenters. The predicted octanol–water partition coefficient (Wildman–Crippen LogP) is 3.19. The zero-order chi connectivity index (χ0) is 14.5. The number of ether oxygens (including phenoxy) is 1. The van der Waals surface area contributed by atoms with Crippen LogP contribution in [0.5, 0.6) is 5.75 Å². The number of methoxy groups -OCH3 is 1. The lowest BCUT2D eigenvalue weighted by atomic mass is 9.99. The molecule has 2 aromatic rings. The number of nitrogens with one attached hydrogen (secondary N) is 1. The lowest BCUT2D eigenvalue weighted by Gasteiger charge is -2.18. The summed E-state index contributed by atoms with van der Waals surface area (Å²) in [6, 6.07) is 12.9. The molecule has 106 valence electrons. The van der Waals surface area contributed by atoms with Crippen molar-refractivity contribution in [1.82, 2.24) is 5.43 Å². The van der Waals surface area contributed by atoms with Gasteiger partial charge in [0.2, 0.25) is 0 Å². The first kappa shape index (κ1) is 15.2. The molecule has 3 N–H and O–H groups in total. The summed E-state index contributed by atoms with van der Waals surface area (Å²) in [6.07, 6.45) is 0.609. The van der Waals surface area contributed by atoms with Crippen LogP contribution in [0.1, 0.15) is 17.2 Å². The Hall–Kier alpha value is -1.18. The SMILES string of the molecule is COc1ccc(CC(NN)c2ccccc2I)cc1F. The Morgan fingerprint density at radius 3 is 2.65 bits per heavy atom.